The summed E-state index contributed by atoms with van der Waals surface area (Å²) in [6, 6.07) is -0.632. The van der Waals surface area contributed by atoms with Gasteiger partial charge in [0.2, 0.25) is 5.91 Å². The monoisotopic (exact) mass is 268 g/mol. The first-order valence-corrected chi connectivity index (χ1v) is 6.06. The Morgan fingerprint density at radius 3 is 2.63 bits per heavy atom. The van der Waals surface area contributed by atoms with Gasteiger partial charge in [-0.05, 0) is 12.3 Å². The standard InChI is InChI=1S/C12H20N4O3/c1-8(2)5-10(15-12(18)19-4)11(17)14-9-6-13-16(3)7-9/h6-8,10H,5H2,1-4H3,(H,14,17)(H,15,18)/t10-/m1/s1. The van der Waals surface area contributed by atoms with Gasteiger partial charge >= 0.3 is 6.09 Å². The average molecular weight is 268 g/mol. The van der Waals surface area contributed by atoms with E-state index in [1.54, 1.807) is 24.1 Å². The molecule has 19 heavy (non-hydrogen) atoms. The lowest BCUT2D eigenvalue weighted by molar-refractivity contribution is -0.118. The Bertz CT molecular complexity index is 442. The number of hydrogen-bond donors (Lipinski definition) is 2. The van der Waals surface area contributed by atoms with Crippen LogP contribution in [0.15, 0.2) is 12.4 Å². The molecule has 0 aliphatic carbocycles. The van der Waals surface area contributed by atoms with Gasteiger partial charge < -0.3 is 15.4 Å². The highest BCUT2D eigenvalue weighted by atomic mass is 16.5. The lowest BCUT2D eigenvalue weighted by atomic mass is 10.0. The second-order valence-electron chi connectivity index (χ2n) is 4.71. The number of aromatic nitrogens is 2. The van der Waals surface area contributed by atoms with Crippen LogP contribution >= 0.6 is 0 Å². The van der Waals surface area contributed by atoms with Gasteiger partial charge in [0.1, 0.15) is 6.04 Å². The molecule has 106 valence electrons. The highest BCUT2D eigenvalue weighted by Gasteiger charge is 2.22. The van der Waals surface area contributed by atoms with Crippen LogP contribution in [-0.2, 0) is 16.6 Å². The summed E-state index contributed by atoms with van der Waals surface area (Å²) in [5.74, 6) is -0.0195. The van der Waals surface area contributed by atoms with Crippen molar-refractivity contribution in [3.63, 3.8) is 0 Å². The van der Waals surface area contributed by atoms with Crippen LogP contribution in [0.1, 0.15) is 20.3 Å². The summed E-state index contributed by atoms with van der Waals surface area (Å²) in [7, 11) is 3.02. The van der Waals surface area contributed by atoms with Gasteiger partial charge in [0.15, 0.2) is 0 Å². The minimum absolute atomic E-state index is 0.266. The number of nitrogens with one attached hydrogen (secondary N) is 2. The van der Waals surface area contributed by atoms with Crippen molar-refractivity contribution in [3.05, 3.63) is 12.4 Å². The van der Waals surface area contributed by atoms with Crippen molar-refractivity contribution < 1.29 is 14.3 Å². The van der Waals surface area contributed by atoms with E-state index in [-0.39, 0.29) is 11.8 Å². The van der Waals surface area contributed by atoms with Crippen molar-refractivity contribution in [1.29, 1.82) is 0 Å². The Balaban J connectivity index is 2.67. The Labute approximate surface area is 112 Å². The third-order valence-corrected chi connectivity index (χ3v) is 2.47. The average Bonchev–Trinajstić information content (AvgIpc) is 2.73. The predicted molar refractivity (Wildman–Crippen MR) is 70.6 cm³/mol. The summed E-state index contributed by atoms with van der Waals surface area (Å²) < 4.78 is 6.10. The van der Waals surface area contributed by atoms with E-state index in [9.17, 15) is 9.59 Å². The summed E-state index contributed by atoms with van der Waals surface area (Å²) in [4.78, 5) is 23.3. The number of rotatable bonds is 5. The van der Waals surface area contributed by atoms with Crippen LogP contribution in [0.3, 0.4) is 0 Å². The second-order valence-corrected chi connectivity index (χ2v) is 4.71. The maximum Gasteiger partial charge on any atom is 0.407 e. The molecule has 0 radical (unpaired) electrons. The summed E-state index contributed by atoms with van der Waals surface area (Å²) in [6.07, 6.45) is 3.14. The van der Waals surface area contributed by atoms with Crippen LogP contribution in [0.4, 0.5) is 10.5 Å². The van der Waals surface area contributed by atoms with Crippen molar-refractivity contribution in [2.24, 2.45) is 13.0 Å². The number of hydrogen-bond acceptors (Lipinski definition) is 4. The lowest BCUT2D eigenvalue weighted by Crippen LogP contribution is -2.44. The Hall–Kier alpha value is -2.05. The molecule has 0 saturated carbocycles. The van der Waals surface area contributed by atoms with Crippen LogP contribution in [0.25, 0.3) is 0 Å². The lowest BCUT2D eigenvalue weighted by Gasteiger charge is -2.18. The second kappa shape index (κ2) is 6.77. The number of ether oxygens (including phenoxy) is 1. The fourth-order valence-electron chi connectivity index (χ4n) is 1.62. The Morgan fingerprint density at radius 1 is 1.47 bits per heavy atom. The molecule has 7 heteroatoms. The van der Waals surface area contributed by atoms with E-state index in [1.165, 1.54) is 7.11 Å². The van der Waals surface area contributed by atoms with Gasteiger partial charge in [-0.15, -0.1) is 0 Å². The number of alkyl carbamates (subject to hydrolysis) is 1. The smallest absolute Gasteiger partial charge is 0.407 e. The molecule has 1 atom stereocenters. The topological polar surface area (TPSA) is 85.2 Å². The molecule has 0 unspecified atom stereocenters. The maximum atomic E-state index is 12.1. The highest BCUT2D eigenvalue weighted by Crippen LogP contribution is 2.09. The quantitative estimate of drug-likeness (QED) is 0.838. The van der Waals surface area contributed by atoms with Gasteiger partial charge in [0.25, 0.3) is 0 Å². The molecule has 0 saturated heterocycles. The van der Waals surface area contributed by atoms with Crippen molar-refractivity contribution in [1.82, 2.24) is 15.1 Å². The van der Waals surface area contributed by atoms with Crippen LogP contribution < -0.4 is 10.6 Å². The molecule has 0 fully saturated rings. The van der Waals surface area contributed by atoms with Crippen molar-refractivity contribution in [2.75, 3.05) is 12.4 Å². The van der Waals surface area contributed by atoms with E-state index >= 15 is 0 Å². The summed E-state index contributed by atoms with van der Waals surface area (Å²) >= 11 is 0. The Kier molecular flexibility index (Phi) is 5.35. The fraction of sp³-hybridized carbons (Fsp3) is 0.583. The number of anilines is 1. The van der Waals surface area contributed by atoms with Gasteiger partial charge in [-0.3, -0.25) is 9.48 Å². The van der Waals surface area contributed by atoms with E-state index in [0.717, 1.165) is 0 Å². The first-order chi connectivity index (χ1) is 8.92. The number of carbonyl (C=O) groups is 2. The van der Waals surface area contributed by atoms with Gasteiger partial charge in [0, 0.05) is 13.2 Å². The van der Waals surface area contributed by atoms with E-state index in [1.807, 2.05) is 13.8 Å². The summed E-state index contributed by atoms with van der Waals surface area (Å²) in [6.45, 7) is 3.95. The zero-order chi connectivity index (χ0) is 14.4. The zero-order valence-electron chi connectivity index (χ0n) is 11.6. The number of nitrogens with zero attached hydrogens (tertiary/aromatic N) is 2. The van der Waals surface area contributed by atoms with E-state index in [0.29, 0.717) is 12.1 Å². The number of carbonyl (C=O) groups excluding carboxylic acids is 2. The zero-order valence-corrected chi connectivity index (χ0v) is 11.6. The van der Waals surface area contributed by atoms with Crippen LogP contribution in [0.2, 0.25) is 0 Å². The molecule has 1 heterocycles. The molecular formula is C12H20N4O3. The summed E-state index contributed by atoms with van der Waals surface area (Å²) in [5, 5.41) is 9.19. The van der Waals surface area contributed by atoms with Gasteiger partial charge in [-0.2, -0.15) is 5.10 Å². The summed E-state index contributed by atoms with van der Waals surface area (Å²) in [5.41, 5.74) is 0.591. The molecule has 7 nitrogen and oxygen atoms in total. The van der Waals surface area contributed by atoms with Crippen LogP contribution in [-0.4, -0.2) is 34.9 Å². The van der Waals surface area contributed by atoms with Crippen molar-refractivity contribution in [3.8, 4) is 0 Å². The molecule has 2 N–H and O–H groups in total. The molecule has 1 aromatic rings. The minimum Gasteiger partial charge on any atom is -0.453 e. The molecule has 0 bridgehead atoms. The first kappa shape index (κ1) is 15.0. The fourth-order valence-corrected chi connectivity index (χ4v) is 1.62. The Morgan fingerprint density at radius 2 is 2.16 bits per heavy atom. The minimum atomic E-state index is -0.632. The van der Waals surface area contributed by atoms with Gasteiger partial charge in [-0.1, -0.05) is 13.8 Å². The number of methoxy groups -OCH3 is 1. The molecule has 1 aromatic heterocycles. The molecule has 0 aliphatic heterocycles. The largest absolute Gasteiger partial charge is 0.453 e. The van der Waals surface area contributed by atoms with E-state index < -0.39 is 12.1 Å². The first-order valence-electron chi connectivity index (χ1n) is 6.06. The van der Waals surface area contributed by atoms with Crippen molar-refractivity contribution >= 4 is 17.7 Å². The predicted octanol–water partition coefficient (Wildman–Crippen LogP) is 1.13. The van der Waals surface area contributed by atoms with Gasteiger partial charge in [-0.25, -0.2) is 4.79 Å². The normalized spacial score (nSPS) is 12.1. The number of aryl methyl sites for hydroxylation is 1. The molecule has 0 aromatic carbocycles. The van der Waals surface area contributed by atoms with E-state index in [2.05, 4.69) is 20.5 Å². The molecule has 1 rings (SSSR count). The third kappa shape index (κ3) is 4.99. The molecule has 2 amide bonds. The van der Waals surface area contributed by atoms with E-state index in [4.69, 9.17) is 0 Å². The third-order valence-electron chi connectivity index (χ3n) is 2.47. The van der Waals surface area contributed by atoms with Crippen molar-refractivity contribution in [2.45, 2.75) is 26.3 Å². The SMILES string of the molecule is COC(=O)N[C@H](CC(C)C)C(=O)Nc1cnn(C)c1. The molecular weight excluding hydrogens is 248 g/mol. The molecule has 0 aliphatic rings. The maximum absolute atomic E-state index is 12.1. The number of amides is 2. The molecule has 0 spiro atoms. The van der Waals surface area contributed by atoms with Crippen LogP contribution in [0, 0.1) is 5.92 Å². The highest BCUT2D eigenvalue weighted by molar-refractivity contribution is 5.96. The van der Waals surface area contributed by atoms with Crippen LogP contribution in [0.5, 0.6) is 0 Å². The van der Waals surface area contributed by atoms with Gasteiger partial charge in [0.05, 0.1) is 19.0 Å².